The van der Waals surface area contributed by atoms with Gasteiger partial charge in [0.2, 0.25) is 0 Å². The summed E-state index contributed by atoms with van der Waals surface area (Å²) in [4.78, 5) is 20.5. The second-order valence-electron chi connectivity index (χ2n) is 10.3. The van der Waals surface area contributed by atoms with Gasteiger partial charge in [0.25, 0.3) is 5.91 Å². The molecule has 1 heterocycles. The Morgan fingerprint density at radius 3 is 2.14 bits per heavy atom. The van der Waals surface area contributed by atoms with Crippen molar-refractivity contribution in [1.82, 2.24) is 4.90 Å². The van der Waals surface area contributed by atoms with E-state index in [1.54, 1.807) is 4.90 Å². The highest BCUT2D eigenvalue weighted by Gasteiger charge is 2.51. The Labute approximate surface area is 176 Å². The minimum Gasteiger partial charge on any atom is -0.391 e. The number of carbonyl (C=O) groups is 1. The van der Waals surface area contributed by atoms with Crippen LogP contribution in [-0.2, 0) is 4.79 Å². The van der Waals surface area contributed by atoms with E-state index in [-0.39, 0.29) is 11.9 Å². The summed E-state index contributed by atoms with van der Waals surface area (Å²) in [6, 6.07) is -0.178. The zero-order valence-corrected chi connectivity index (χ0v) is 18.2. The van der Waals surface area contributed by atoms with Gasteiger partial charge in [-0.2, -0.15) is 0 Å². The SMILES string of the molecule is NC1=N[C@](CCC2CCCCC2)(CC2CCCCC2)C(=O)N1[C@@H]1CCCC[C@@H]1O. The van der Waals surface area contributed by atoms with Crippen LogP contribution in [-0.4, -0.2) is 39.6 Å². The van der Waals surface area contributed by atoms with Gasteiger partial charge in [-0.25, -0.2) is 4.99 Å². The largest absolute Gasteiger partial charge is 0.391 e. The Balaban J connectivity index is 1.52. The molecule has 5 heteroatoms. The molecule has 4 aliphatic rings. The first-order chi connectivity index (χ1) is 14.1. The molecule has 1 amide bonds. The van der Waals surface area contributed by atoms with E-state index in [1.807, 2.05) is 0 Å². The predicted molar refractivity (Wildman–Crippen MR) is 116 cm³/mol. The first kappa shape index (κ1) is 21.1. The summed E-state index contributed by atoms with van der Waals surface area (Å²) in [5, 5.41) is 10.6. The van der Waals surface area contributed by atoms with Crippen LogP contribution >= 0.6 is 0 Å². The number of nitrogens with zero attached hydrogens (tertiary/aromatic N) is 2. The van der Waals surface area contributed by atoms with E-state index in [0.717, 1.165) is 50.9 Å². The van der Waals surface area contributed by atoms with Crippen molar-refractivity contribution in [1.29, 1.82) is 0 Å². The number of amides is 1. The van der Waals surface area contributed by atoms with Crippen LogP contribution in [0.15, 0.2) is 4.99 Å². The third-order valence-electron chi connectivity index (χ3n) is 8.26. The zero-order valence-electron chi connectivity index (χ0n) is 18.2. The van der Waals surface area contributed by atoms with Crippen LogP contribution < -0.4 is 5.73 Å². The Hall–Kier alpha value is -1.10. The van der Waals surface area contributed by atoms with Gasteiger partial charge >= 0.3 is 0 Å². The molecule has 3 N–H and O–H groups in total. The molecule has 0 aromatic heterocycles. The Morgan fingerprint density at radius 1 is 0.897 bits per heavy atom. The van der Waals surface area contributed by atoms with E-state index in [0.29, 0.717) is 11.9 Å². The van der Waals surface area contributed by atoms with Crippen molar-refractivity contribution in [2.75, 3.05) is 0 Å². The van der Waals surface area contributed by atoms with E-state index < -0.39 is 11.6 Å². The smallest absolute Gasteiger partial charge is 0.257 e. The van der Waals surface area contributed by atoms with Gasteiger partial charge < -0.3 is 10.8 Å². The van der Waals surface area contributed by atoms with E-state index in [9.17, 15) is 9.90 Å². The topological polar surface area (TPSA) is 78.9 Å². The second kappa shape index (κ2) is 9.36. The molecule has 3 saturated carbocycles. The zero-order chi connectivity index (χ0) is 20.3. The molecule has 1 aliphatic heterocycles. The molecular weight excluding hydrogens is 362 g/mol. The summed E-state index contributed by atoms with van der Waals surface area (Å²) >= 11 is 0. The molecule has 4 rings (SSSR count). The maximum absolute atomic E-state index is 13.8. The number of carbonyl (C=O) groups excluding carboxylic acids is 1. The molecule has 0 aromatic carbocycles. The van der Waals surface area contributed by atoms with Crippen molar-refractivity contribution in [3.8, 4) is 0 Å². The van der Waals surface area contributed by atoms with Crippen molar-refractivity contribution in [3.63, 3.8) is 0 Å². The van der Waals surface area contributed by atoms with Gasteiger partial charge in [-0.3, -0.25) is 9.69 Å². The van der Waals surface area contributed by atoms with E-state index in [2.05, 4.69) is 0 Å². The lowest BCUT2D eigenvalue weighted by Gasteiger charge is -2.37. The van der Waals surface area contributed by atoms with Gasteiger partial charge in [-0.1, -0.05) is 77.0 Å². The van der Waals surface area contributed by atoms with E-state index >= 15 is 0 Å². The predicted octanol–water partition coefficient (Wildman–Crippen LogP) is 4.52. The number of guanidine groups is 1. The summed E-state index contributed by atoms with van der Waals surface area (Å²) in [6.07, 6.45) is 19.0. The monoisotopic (exact) mass is 403 g/mol. The number of aliphatic hydroxyl groups excluding tert-OH is 1. The van der Waals surface area contributed by atoms with Gasteiger partial charge in [-0.15, -0.1) is 0 Å². The van der Waals surface area contributed by atoms with Crippen LogP contribution in [0.1, 0.15) is 109 Å². The van der Waals surface area contributed by atoms with Crippen molar-refractivity contribution in [2.45, 2.75) is 127 Å². The molecule has 0 bridgehead atoms. The molecule has 3 fully saturated rings. The molecule has 0 radical (unpaired) electrons. The fourth-order valence-corrected chi connectivity index (χ4v) is 6.55. The van der Waals surface area contributed by atoms with Crippen molar-refractivity contribution in [2.24, 2.45) is 22.6 Å². The fourth-order valence-electron chi connectivity index (χ4n) is 6.55. The van der Waals surface area contributed by atoms with Crippen LogP contribution in [0.4, 0.5) is 0 Å². The number of rotatable bonds is 6. The van der Waals surface area contributed by atoms with Gasteiger partial charge in [0.15, 0.2) is 5.96 Å². The number of nitrogens with two attached hydrogens (primary N) is 1. The molecule has 0 saturated heterocycles. The van der Waals surface area contributed by atoms with Gasteiger partial charge in [0.05, 0.1) is 12.1 Å². The molecule has 3 atom stereocenters. The Morgan fingerprint density at radius 2 is 1.48 bits per heavy atom. The average Bonchev–Trinajstić information content (AvgIpc) is 2.98. The lowest BCUT2D eigenvalue weighted by Crippen LogP contribution is -2.54. The van der Waals surface area contributed by atoms with E-state index in [4.69, 9.17) is 10.7 Å². The first-order valence-corrected chi connectivity index (χ1v) is 12.5. The molecule has 0 aromatic rings. The summed E-state index contributed by atoms with van der Waals surface area (Å²) in [7, 11) is 0. The van der Waals surface area contributed by atoms with Crippen LogP contribution in [0.25, 0.3) is 0 Å². The molecule has 3 aliphatic carbocycles. The number of aliphatic hydroxyl groups is 1. The maximum Gasteiger partial charge on any atom is 0.257 e. The summed E-state index contributed by atoms with van der Waals surface area (Å²) in [5.74, 6) is 1.81. The number of hydrogen-bond donors (Lipinski definition) is 2. The molecule has 0 unspecified atom stereocenters. The highest BCUT2D eigenvalue weighted by Crippen LogP contribution is 2.42. The summed E-state index contributed by atoms with van der Waals surface area (Å²) in [5.41, 5.74) is 5.73. The highest BCUT2D eigenvalue weighted by atomic mass is 16.3. The van der Waals surface area contributed by atoms with Gasteiger partial charge in [0.1, 0.15) is 5.54 Å². The second-order valence-corrected chi connectivity index (χ2v) is 10.3. The van der Waals surface area contributed by atoms with Crippen molar-refractivity contribution >= 4 is 11.9 Å². The normalized spacial score (nSPS) is 35.1. The third-order valence-corrected chi connectivity index (χ3v) is 8.26. The van der Waals surface area contributed by atoms with Crippen LogP contribution in [0.2, 0.25) is 0 Å². The highest BCUT2D eigenvalue weighted by molar-refractivity contribution is 6.07. The molecule has 29 heavy (non-hydrogen) atoms. The summed E-state index contributed by atoms with van der Waals surface area (Å²) in [6.45, 7) is 0. The Kier molecular flexibility index (Phi) is 6.83. The number of aliphatic imine (C=N–C) groups is 1. The standard InChI is InChI=1S/C24H41N3O2/c25-23-26-24(17-19-11-5-2-6-12-19,16-15-18-9-3-1-4-10-18)22(29)27(23)20-13-7-8-14-21(20)28/h18-21,28H,1-17H2,(H2,25,26)/t20-,21+,24-/m1/s1. The molecule has 164 valence electrons. The quantitative estimate of drug-likeness (QED) is 0.684. The Bertz CT molecular complexity index is 595. The van der Waals surface area contributed by atoms with Crippen molar-refractivity contribution in [3.05, 3.63) is 0 Å². The van der Waals surface area contributed by atoms with Gasteiger partial charge in [0, 0.05) is 0 Å². The summed E-state index contributed by atoms with van der Waals surface area (Å²) < 4.78 is 0. The maximum atomic E-state index is 13.8. The van der Waals surface area contributed by atoms with Crippen molar-refractivity contribution < 1.29 is 9.90 Å². The lowest BCUT2D eigenvalue weighted by molar-refractivity contribution is -0.136. The van der Waals surface area contributed by atoms with Crippen LogP contribution in [0.3, 0.4) is 0 Å². The molecular formula is C24H41N3O2. The molecule has 5 nitrogen and oxygen atoms in total. The first-order valence-electron chi connectivity index (χ1n) is 12.5. The minimum atomic E-state index is -0.666. The van der Waals surface area contributed by atoms with E-state index in [1.165, 1.54) is 64.2 Å². The van der Waals surface area contributed by atoms with Crippen LogP contribution in [0, 0.1) is 11.8 Å². The number of hydrogen-bond acceptors (Lipinski definition) is 4. The minimum absolute atomic E-state index is 0.0994. The third kappa shape index (κ3) is 4.65. The van der Waals surface area contributed by atoms with Crippen LogP contribution in [0.5, 0.6) is 0 Å². The fraction of sp³-hybridized carbons (Fsp3) is 0.917. The van der Waals surface area contributed by atoms with Gasteiger partial charge in [-0.05, 0) is 43.9 Å². The average molecular weight is 404 g/mol. The molecule has 0 spiro atoms. The lowest BCUT2D eigenvalue weighted by atomic mass is 9.75.